The molecule has 2 rings (SSSR count). The topological polar surface area (TPSA) is 59.6 Å². The number of anilines is 1. The van der Waals surface area contributed by atoms with E-state index >= 15 is 0 Å². The van der Waals surface area contributed by atoms with Crippen LogP contribution in [0.3, 0.4) is 0 Å². The van der Waals surface area contributed by atoms with Crippen LogP contribution in [-0.2, 0) is 4.74 Å². The van der Waals surface area contributed by atoms with Gasteiger partial charge in [-0.25, -0.2) is 0 Å². The molecule has 1 atom stereocenters. The molecule has 0 aliphatic carbocycles. The number of nitrogens with zero attached hydrogens (tertiary/aromatic N) is 1. The van der Waals surface area contributed by atoms with Gasteiger partial charge in [0.15, 0.2) is 5.96 Å². The lowest BCUT2D eigenvalue weighted by Crippen LogP contribution is -2.23. The molecule has 0 bridgehead atoms. The molecule has 5 heteroatoms. The molecule has 0 heterocycles. The third-order valence-corrected chi connectivity index (χ3v) is 3.51. The number of halogens is 1. The van der Waals surface area contributed by atoms with Crippen molar-refractivity contribution in [1.29, 1.82) is 0 Å². The summed E-state index contributed by atoms with van der Waals surface area (Å²) in [4.78, 5) is 4.32. The van der Waals surface area contributed by atoms with Gasteiger partial charge in [0.2, 0.25) is 0 Å². The lowest BCUT2D eigenvalue weighted by molar-refractivity contribution is 0.0652. The minimum atomic E-state index is 0. The fourth-order valence-corrected chi connectivity index (χ4v) is 2.25. The molecule has 2 aromatic carbocycles. The van der Waals surface area contributed by atoms with Crippen LogP contribution in [0.4, 0.5) is 5.69 Å². The van der Waals surface area contributed by atoms with Gasteiger partial charge in [-0.05, 0) is 43.5 Å². The predicted octanol–water partition coefficient (Wildman–Crippen LogP) is 4.51. The molecule has 0 radical (unpaired) electrons. The summed E-state index contributed by atoms with van der Waals surface area (Å²) >= 11 is 0. The summed E-state index contributed by atoms with van der Waals surface area (Å²) in [6, 6.07) is 18.3. The highest BCUT2D eigenvalue weighted by molar-refractivity contribution is 14.0. The summed E-state index contributed by atoms with van der Waals surface area (Å²) in [6.07, 6.45) is 0.941. The average Bonchev–Trinajstić information content (AvgIpc) is 2.55. The van der Waals surface area contributed by atoms with Crippen molar-refractivity contribution in [2.75, 3.05) is 18.5 Å². The first-order valence-corrected chi connectivity index (χ1v) is 7.95. The lowest BCUT2D eigenvalue weighted by Gasteiger charge is -2.12. The molecule has 0 fully saturated rings. The Morgan fingerprint density at radius 2 is 1.92 bits per heavy atom. The number of aliphatic imine (C=N–C) groups is 1. The van der Waals surface area contributed by atoms with E-state index in [0.717, 1.165) is 12.1 Å². The Morgan fingerprint density at radius 3 is 2.62 bits per heavy atom. The highest BCUT2D eigenvalue weighted by Gasteiger charge is 2.03. The Kier molecular flexibility index (Phi) is 9.41. The maximum atomic E-state index is 5.89. The summed E-state index contributed by atoms with van der Waals surface area (Å²) in [7, 11) is 0. The first kappa shape index (κ1) is 20.4. The van der Waals surface area contributed by atoms with Crippen molar-refractivity contribution in [1.82, 2.24) is 0 Å². The smallest absolute Gasteiger partial charge is 0.193 e. The Bertz CT molecular complexity index is 632. The van der Waals surface area contributed by atoms with Crippen molar-refractivity contribution < 1.29 is 4.74 Å². The standard InChI is InChI=1S/C19H25N3O.HI/c1-15-8-6-11-18(14-15)22-19(20)21-12-7-13-23-16(2)17-9-4-3-5-10-17;/h3-6,8-11,14,16H,7,12-13H2,1-2H3,(H3,20,21,22);1H. The Balaban J connectivity index is 0.00000288. The van der Waals surface area contributed by atoms with Gasteiger partial charge in [-0.3, -0.25) is 4.99 Å². The molecule has 3 N–H and O–H groups in total. The van der Waals surface area contributed by atoms with Crippen LogP contribution in [0.5, 0.6) is 0 Å². The first-order valence-electron chi connectivity index (χ1n) is 7.95. The van der Waals surface area contributed by atoms with Crippen LogP contribution < -0.4 is 11.1 Å². The van der Waals surface area contributed by atoms with Crippen molar-refractivity contribution in [3.05, 3.63) is 65.7 Å². The summed E-state index contributed by atoms with van der Waals surface area (Å²) in [5.41, 5.74) is 9.22. The third-order valence-electron chi connectivity index (χ3n) is 3.51. The van der Waals surface area contributed by atoms with E-state index in [1.807, 2.05) is 49.4 Å². The Hall–Kier alpha value is -1.60. The highest BCUT2D eigenvalue weighted by Crippen LogP contribution is 2.15. The minimum Gasteiger partial charge on any atom is -0.374 e. The second kappa shape index (κ2) is 11.0. The number of benzene rings is 2. The molecular weight excluding hydrogens is 413 g/mol. The minimum absolute atomic E-state index is 0. The number of guanidine groups is 1. The van der Waals surface area contributed by atoms with Gasteiger partial charge in [-0.1, -0.05) is 42.5 Å². The molecule has 4 nitrogen and oxygen atoms in total. The monoisotopic (exact) mass is 439 g/mol. The second-order valence-electron chi connectivity index (χ2n) is 5.54. The molecule has 0 aliphatic heterocycles. The zero-order valence-electron chi connectivity index (χ0n) is 14.2. The molecule has 0 aromatic heterocycles. The summed E-state index contributed by atoms with van der Waals surface area (Å²) in [6.45, 7) is 5.42. The van der Waals surface area contributed by atoms with Crippen LogP contribution in [0.25, 0.3) is 0 Å². The van der Waals surface area contributed by atoms with Gasteiger partial charge in [0.1, 0.15) is 0 Å². The molecule has 24 heavy (non-hydrogen) atoms. The number of nitrogens with one attached hydrogen (secondary N) is 1. The van der Waals surface area contributed by atoms with Gasteiger partial charge in [0, 0.05) is 18.8 Å². The maximum Gasteiger partial charge on any atom is 0.193 e. The molecule has 0 amide bonds. The largest absolute Gasteiger partial charge is 0.374 e. The number of rotatable bonds is 7. The quantitative estimate of drug-likeness (QED) is 0.289. The van der Waals surface area contributed by atoms with Gasteiger partial charge < -0.3 is 15.8 Å². The van der Waals surface area contributed by atoms with Crippen molar-refractivity contribution >= 4 is 35.6 Å². The van der Waals surface area contributed by atoms with Crippen LogP contribution in [0.15, 0.2) is 59.6 Å². The summed E-state index contributed by atoms with van der Waals surface area (Å²) in [5, 5.41) is 3.10. The van der Waals surface area contributed by atoms with E-state index in [1.54, 1.807) is 0 Å². The molecule has 130 valence electrons. The van der Waals surface area contributed by atoms with E-state index in [-0.39, 0.29) is 30.1 Å². The van der Waals surface area contributed by atoms with Crippen molar-refractivity contribution in [2.45, 2.75) is 26.4 Å². The van der Waals surface area contributed by atoms with Crippen molar-refractivity contribution in [3.63, 3.8) is 0 Å². The zero-order valence-corrected chi connectivity index (χ0v) is 16.6. The zero-order chi connectivity index (χ0) is 16.5. The van der Waals surface area contributed by atoms with Gasteiger partial charge >= 0.3 is 0 Å². The van der Waals surface area contributed by atoms with Gasteiger partial charge in [0.25, 0.3) is 0 Å². The molecule has 0 spiro atoms. The highest BCUT2D eigenvalue weighted by atomic mass is 127. The van der Waals surface area contributed by atoms with E-state index in [2.05, 4.69) is 29.4 Å². The Morgan fingerprint density at radius 1 is 1.17 bits per heavy atom. The molecule has 0 saturated carbocycles. The van der Waals surface area contributed by atoms with Crippen LogP contribution in [0, 0.1) is 6.92 Å². The van der Waals surface area contributed by atoms with Crippen LogP contribution in [0.2, 0.25) is 0 Å². The first-order chi connectivity index (χ1) is 11.1. The van der Waals surface area contributed by atoms with E-state index < -0.39 is 0 Å². The van der Waals surface area contributed by atoms with Crippen molar-refractivity contribution in [2.24, 2.45) is 10.7 Å². The van der Waals surface area contributed by atoms with E-state index in [0.29, 0.717) is 19.1 Å². The molecule has 0 saturated heterocycles. The molecule has 0 aliphatic rings. The van der Waals surface area contributed by atoms with E-state index in [9.17, 15) is 0 Å². The molecule has 1 unspecified atom stereocenters. The van der Waals surface area contributed by atoms with Crippen LogP contribution in [-0.4, -0.2) is 19.1 Å². The average molecular weight is 439 g/mol. The number of aryl methyl sites for hydroxylation is 1. The van der Waals surface area contributed by atoms with E-state index in [4.69, 9.17) is 10.5 Å². The lowest BCUT2D eigenvalue weighted by atomic mass is 10.1. The van der Waals surface area contributed by atoms with Crippen LogP contribution in [0.1, 0.15) is 30.6 Å². The van der Waals surface area contributed by atoms with Gasteiger partial charge in [-0.15, -0.1) is 24.0 Å². The van der Waals surface area contributed by atoms with E-state index in [1.165, 1.54) is 11.1 Å². The fraction of sp³-hybridized carbons (Fsp3) is 0.316. The van der Waals surface area contributed by atoms with Gasteiger partial charge in [0.05, 0.1) is 6.10 Å². The molecular formula is C19H26IN3O. The third kappa shape index (κ3) is 7.31. The predicted molar refractivity (Wildman–Crippen MR) is 112 cm³/mol. The normalized spacial score (nSPS) is 12.3. The fourth-order valence-electron chi connectivity index (χ4n) is 2.25. The number of hydrogen-bond acceptors (Lipinski definition) is 2. The SMILES string of the molecule is Cc1cccc(NC(N)=NCCCOC(C)c2ccccc2)c1.I. The number of ether oxygens (including phenoxy) is 1. The van der Waals surface area contributed by atoms with Crippen LogP contribution >= 0.6 is 24.0 Å². The number of nitrogens with two attached hydrogens (primary N) is 1. The van der Waals surface area contributed by atoms with Gasteiger partial charge in [-0.2, -0.15) is 0 Å². The molecule has 2 aromatic rings. The maximum absolute atomic E-state index is 5.89. The Labute approximate surface area is 161 Å². The number of hydrogen-bond donors (Lipinski definition) is 2. The summed E-state index contributed by atoms with van der Waals surface area (Å²) in [5.74, 6) is 0.437. The van der Waals surface area contributed by atoms with Crippen molar-refractivity contribution in [3.8, 4) is 0 Å². The summed E-state index contributed by atoms with van der Waals surface area (Å²) < 4.78 is 5.81. The second-order valence-corrected chi connectivity index (χ2v) is 5.54.